The van der Waals surface area contributed by atoms with Gasteiger partial charge in [-0.2, -0.15) is 0 Å². The van der Waals surface area contributed by atoms with Crippen LogP contribution < -0.4 is 10.6 Å². The average molecular weight is 316 g/mol. The molecule has 0 spiro atoms. The van der Waals surface area contributed by atoms with E-state index < -0.39 is 0 Å². The van der Waals surface area contributed by atoms with Gasteiger partial charge in [-0.25, -0.2) is 4.98 Å². The number of nitrogens with one attached hydrogen (secondary N) is 2. The summed E-state index contributed by atoms with van der Waals surface area (Å²) in [5.41, 5.74) is 1.34. The summed E-state index contributed by atoms with van der Waals surface area (Å²) in [6.45, 7) is 2.45. The van der Waals surface area contributed by atoms with E-state index in [1.54, 1.807) is 0 Å². The first-order chi connectivity index (χ1) is 9.33. The Balaban J connectivity index is 0.00000147. The number of fused-ring (bicyclic) bond motifs is 1. The molecular weight excluding hydrogens is 294 g/mol. The number of carbonyl (C=O) groups excluding carboxylic acids is 1. The highest BCUT2D eigenvalue weighted by molar-refractivity contribution is 7.11. The van der Waals surface area contributed by atoms with Gasteiger partial charge >= 0.3 is 0 Å². The monoisotopic (exact) mass is 315 g/mol. The molecule has 0 radical (unpaired) electrons. The molecule has 0 bridgehead atoms. The third kappa shape index (κ3) is 3.71. The first-order valence-electron chi connectivity index (χ1n) is 7.29. The fraction of sp³-hybridized carbons (Fsp3) is 0.714. The van der Waals surface area contributed by atoms with Crippen molar-refractivity contribution < 1.29 is 4.79 Å². The number of hydrogen-bond acceptors (Lipinski definition) is 4. The van der Waals surface area contributed by atoms with Gasteiger partial charge in [0, 0.05) is 30.9 Å². The predicted octanol–water partition coefficient (Wildman–Crippen LogP) is 1.71. The molecule has 1 aromatic heterocycles. The number of hydrogen-bond donors (Lipinski definition) is 2. The Bertz CT molecular complexity index is 436. The van der Waals surface area contributed by atoms with Crippen LogP contribution in [0.15, 0.2) is 0 Å². The van der Waals surface area contributed by atoms with Crippen LogP contribution in [0, 0.1) is 5.92 Å². The van der Waals surface area contributed by atoms with Crippen LogP contribution in [0.5, 0.6) is 0 Å². The van der Waals surface area contributed by atoms with Crippen molar-refractivity contribution in [1.82, 2.24) is 15.6 Å². The molecule has 0 saturated carbocycles. The molecular formula is C14H22ClN3OS. The minimum atomic E-state index is 0. The minimum Gasteiger partial charge on any atom is -0.356 e. The zero-order valence-corrected chi connectivity index (χ0v) is 13.2. The van der Waals surface area contributed by atoms with Crippen molar-refractivity contribution in [3.63, 3.8) is 0 Å². The van der Waals surface area contributed by atoms with Gasteiger partial charge in [-0.1, -0.05) is 0 Å². The van der Waals surface area contributed by atoms with E-state index in [0.29, 0.717) is 0 Å². The van der Waals surface area contributed by atoms with Crippen molar-refractivity contribution in [2.24, 2.45) is 5.92 Å². The van der Waals surface area contributed by atoms with E-state index in [4.69, 9.17) is 4.98 Å². The Morgan fingerprint density at radius 3 is 2.85 bits per heavy atom. The molecule has 2 aliphatic rings. The normalized spacial score (nSPS) is 17.8. The maximum absolute atomic E-state index is 11.6. The highest BCUT2D eigenvalue weighted by atomic mass is 35.5. The molecule has 1 saturated heterocycles. The molecule has 1 fully saturated rings. The van der Waals surface area contributed by atoms with Gasteiger partial charge in [0.2, 0.25) is 5.91 Å². The maximum Gasteiger partial charge on any atom is 0.225 e. The second-order valence-electron chi connectivity index (χ2n) is 5.43. The standard InChI is InChI=1S/C14H21N3OS.ClH/c18-14(10-8-15-9-10)16-7-3-6-13-17-11-4-1-2-5-12(11)19-13;/h10,15H,1-9H2,(H,16,18);1H. The molecule has 2 N–H and O–H groups in total. The van der Waals surface area contributed by atoms with E-state index >= 15 is 0 Å². The third-order valence-electron chi connectivity index (χ3n) is 3.91. The third-order valence-corrected chi connectivity index (χ3v) is 5.13. The lowest BCUT2D eigenvalue weighted by atomic mass is 10.0. The Morgan fingerprint density at radius 1 is 1.35 bits per heavy atom. The summed E-state index contributed by atoms with van der Waals surface area (Å²) in [5.74, 6) is 0.407. The summed E-state index contributed by atoms with van der Waals surface area (Å²) >= 11 is 1.88. The summed E-state index contributed by atoms with van der Waals surface area (Å²) in [6, 6.07) is 0. The molecule has 0 aromatic carbocycles. The number of rotatable bonds is 5. The number of aryl methyl sites for hydroxylation is 3. The molecule has 6 heteroatoms. The van der Waals surface area contributed by atoms with E-state index in [1.165, 1.54) is 34.8 Å². The van der Waals surface area contributed by atoms with Crippen molar-refractivity contribution in [2.75, 3.05) is 19.6 Å². The number of amides is 1. The van der Waals surface area contributed by atoms with E-state index in [-0.39, 0.29) is 24.2 Å². The summed E-state index contributed by atoms with van der Waals surface area (Å²) < 4.78 is 0. The molecule has 112 valence electrons. The molecule has 20 heavy (non-hydrogen) atoms. The summed E-state index contributed by atoms with van der Waals surface area (Å²) in [6.07, 6.45) is 7.00. The number of aromatic nitrogens is 1. The number of halogens is 1. The van der Waals surface area contributed by atoms with Gasteiger partial charge < -0.3 is 10.6 Å². The van der Waals surface area contributed by atoms with E-state index in [2.05, 4.69) is 10.6 Å². The highest BCUT2D eigenvalue weighted by Crippen LogP contribution is 2.27. The van der Waals surface area contributed by atoms with E-state index in [0.717, 1.165) is 38.9 Å². The van der Waals surface area contributed by atoms with Crippen LogP contribution in [0.1, 0.15) is 34.8 Å². The van der Waals surface area contributed by atoms with Crippen LogP contribution in [-0.2, 0) is 24.1 Å². The number of carbonyl (C=O) groups is 1. The minimum absolute atomic E-state index is 0. The van der Waals surface area contributed by atoms with Gasteiger partial charge in [0.15, 0.2) is 0 Å². The molecule has 1 aromatic rings. The van der Waals surface area contributed by atoms with Crippen LogP contribution in [0.25, 0.3) is 0 Å². The second-order valence-corrected chi connectivity index (χ2v) is 6.60. The van der Waals surface area contributed by atoms with Crippen molar-refractivity contribution in [2.45, 2.75) is 38.5 Å². The topological polar surface area (TPSA) is 54.0 Å². The zero-order valence-electron chi connectivity index (χ0n) is 11.6. The summed E-state index contributed by atoms with van der Waals surface area (Å²) in [4.78, 5) is 17.9. The van der Waals surface area contributed by atoms with Crippen molar-refractivity contribution in [1.29, 1.82) is 0 Å². The Hall–Kier alpha value is -0.650. The van der Waals surface area contributed by atoms with Gasteiger partial charge in [0.05, 0.1) is 16.6 Å². The van der Waals surface area contributed by atoms with Crippen LogP contribution in [0.3, 0.4) is 0 Å². The molecule has 1 aliphatic heterocycles. The van der Waals surface area contributed by atoms with Crippen LogP contribution in [-0.4, -0.2) is 30.5 Å². The van der Waals surface area contributed by atoms with Gasteiger partial charge in [-0.3, -0.25) is 4.79 Å². The molecule has 3 rings (SSSR count). The Kier molecular flexibility index (Phi) is 5.81. The fourth-order valence-corrected chi connectivity index (χ4v) is 3.78. The SMILES string of the molecule is Cl.O=C(NCCCc1nc2c(s1)CCCC2)C1CNC1. The van der Waals surface area contributed by atoms with E-state index in [1.807, 2.05) is 11.3 Å². The fourth-order valence-electron chi connectivity index (χ4n) is 2.58. The first-order valence-corrected chi connectivity index (χ1v) is 8.10. The van der Waals surface area contributed by atoms with Crippen molar-refractivity contribution >= 4 is 29.7 Å². The smallest absolute Gasteiger partial charge is 0.225 e. The van der Waals surface area contributed by atoms with Crippen LogP contribution in [0.2, 0.25) is 0 Å². The van der Waals surface area contributed by atoms with E-state index in [9.17, 15) is 4.79 Å². The van der Waals surface area contributed by atoms with Gasteiger partial charge in [-0.15, -0.1) is 23.7 Å². The second kappa shape index (κ2) is 7.38. The Labute approximate surface area is 130 Å². The van der Waals surface area contributed by atoms with Crippen LogP contribution in [0.4, 0.5) is 0 Å². The molecule has 1 aliphatic carbocycles. The summed E-state index contributed by atoms with van der Waals surface area (Å²) in [7, 11) is 0. The predicted molar refractivity (Wildman–Crippen MR) is 83.7 cm³/mol. The lowest BCUT2D eigenvalue weighted by Gasteiger charge is -2.25. The van der Waals surface area contributed by atoms with Crippen LogP contribution >= 0.6 is 23.7 Å². The van der Waals surface area contributed by atoms with Gasteiger partial charge in [0.25, 0.3) is 0 Å². The summed E-state index contributed by atoms with van der Waals surface area (Å²) in [5, 5.41) is 7.39. The lowest BCUT2D eigenvalue weighted by molar-refractivity contribution is -0.126. The quantitative estimate of drug-likeness (QED) is 0.813. The molecule has 0 atom stereocenters. The molecule has 0 unspecified atom stereocenters. The average Bonchev–Trinajstić information content (AvgIpc) is 2.75. The van der Waals surface area contributed by atoms with Crippen molar-refractivity contribution in [3.8, 4) is 0 Å². The maximum atomic E-state index is 11.6. The molecule has 1 amide bonds. The first kappa shape index (κ1) is 15.7. The molecule has 4 nitrogen and oxygen atoms in total. The van der Waals surface area contributed by atoms with Gasteiger partial charge in [-0.05, 0) is 32.1 Å². The largest absolute Gasteiger partial charge is 0.356 e. The Morgan fingerprint density at radius 2 is 2.15 bits per heavy atom. The molecule has 2 heterocycles. The highest BCUT2D eigenvalue weighted by Gasteiger charge is 2.24. The zero-order chi connectivity index (χ0) is 13.1. The lowest BCUT2D eigenvalue weighted by Crippen LogP contribution is -2.50. The number of thiazole rings is 1. The van der Waals surface area contributed by atoms with Gasteiger partial charge in [0.1, 0.15) is 0 Å². The number of nitrogens with zero attached hydrogens (tertiary/aromatic N) is 1. The van der Waals surface area contributed by atoms with Crippen molar-refractivity contribution in [3.05, 3.63) is 15.6 Å².